The molecule has 0 bridgehead atoms. The lowest BCUT2D eigenvalue weighted by molar-refractivity contribution is -0.108. The third kappa shape index (κ3) is 11.5. The first-order valence-electron chi connectivity index (χ1n) is 12.4. The molecule has 0 unspecified atom stereocenters. The van der Waals surface area contributed by atoms with Gasteiger partial charge in [0.2, 0.25) is 6.41 Å². The molecule has 0 spiro atoms. The summed E-state index contributed by atoms with van der Waals surface area (Å²) in [5.41, 5.74) is 5.24. The van der Waals surface area contributed by atoms with Crippen LogP contribution >= 0.6 is 0 Å². The van der Waals surface area contributed by atoms with Crippen LogP contribution in [-0.2, 0) is 20.8 Å². The fraction of sp³-hybridized carbons (Fsp3) is 0.333. The van der Waals surface area contributed by atoms with Crippen LogP contribution in [0.1, 0.15) is 58.6 Å². The summed E-state index contributed by atoms with van der Waals surface area (Å²) in [5.74, 6) is 1.11. The molecule has 2 aromatic rings. The van der Waals surface area contributed by atoms with Gasteiger partial charge in [0.15, 0.2) is 5.84 Å². The van der Waals surface area contributed by atoms with Crippen molar-refractivity contribution in [1.82, 2.24) is 10.6 Å². The minimum absolute atomic E-state index is 0.330. The standard InChI is InChI=1S/C25H30N4O3.C3H6.C2H6/c1-5-8-24(28-18(2)26-3)21(16-30)15-19-11-13-20(14-12-19)22-9-6-7-10-23(22)25(27-17-31)29-32-4;1-3-2;1-2/h6-7,9-14,16-17H,5,8,15H2,1-4H3,(H,26,28)(H,27,29,31);3H,1H2,2H3;1-2H3/b24-21-;;. The van der Waals surface area contributed by atoms with E-state index in [4.69, 9.17) is 4.84 Å². The van der Waals surface area contributed by atoms with Crippen LogP contribution in [0.4, 0.5) is 0 Å². The molecule has 0 aromatic heterocycles. The fourth-order valence-electron chi connectivity index (χ4n) is 3.31. The van der Waals surface area contributed by atoms with Gasteiger partial charge in [-0.3, -0.25) is 14.6 Å². The number of amidine groups is 2. The lowest BCUT2D eigenvalue weighted by Crippen LogP contribution is -2.23. The molecule has 0 radical (unpaired) electrons. The Kier molecular flexibility index (Phi) is 18.0. The van der Waals surface area contributed by atoms with E-state index in [-0.39, 0.29) is 0 Å². The molecule has 2 rings (SSSR count). The van der Waals surface area contributed by atoms with Crippen molar-refractivity contribution < 1.29 is 14.4 Å². The minimum atomic E-state index is 0.330. The minimum Gasteiger partial charge on any atom is -0.397 e. The average molecular weight is 507 g/mol. The van der Waals surface area contributed by atoms with Crippen molar-refractivity contribution in [2.24, 2.45) is 10.1 Å². The Morgan fingerprint density at radius 1 is 1.08 bits per heavy atom. The van der Waals surface area contributed by atoms with Crippen LogP contribution in [0.3, 0.4) is 0 Å². The molecule has 0 saturated heterocycles. The number of nitrogens with one attached hydrogen (secondary N) is 2. The molecular weight excluding hydrogens is 464 g/mol. The van der Waals surface area contributed by atoms with E-state index in [1.54, 1.807) is 13.1 Å². The van der Waals surface area contributed by atoms with Gasteiger partial charge in [0, 0.05) is 30.3 Å². The van der Waals surface area contributed by atoms with Crippen LogP contribution in [0.15, 0.2) is 82.6 Å². The summed E-state index contributed by atoms with van der Waals surface area (Å²) in [7, 11) is 3.15. The Morgan fingerprint density at radius 3 is 2.22 bits per heavy atom. The predicted molar refractivity (Wildman–Crippen MR) is 156 cm³/mol. The monoisotopic (exact) mass is 506 g/mol. The Balaban J connectivity index is 0.00000241. The van der Waals surface area contributed by atoms with Gasteiger partial charge in [0.05, 0.1) is 5.84 Å². The summed E-state index contributed by atoms with van der Waals surface area (Å²) in [6, 6.07) is 15.6. The first-order valence-corrected chi connectivity index (χ1v) is 12.4. The quantitative estimate of drug-likeness (QED) is 0.102. The summed E-state index contributed by atoms with van der Waals surface area (Å²) < 4.78 is 0. The number of hydrogen-bond acceptors (Lipinski definition) is 5. The van der Waals surface area contributed by atoms with E-state index in [9.17, 15) is 9.59 Å². The van der Waals surface area contributed by atoms with E-state index in [2.05, 4.69) is 34.3 Å². The van der Waals surface area contributed by atoms with Gasteiger partial charge < -0.3 is 15.5 Å². The number of amides is 1. The zero-order chi connectivity index (χ0) is 28.1. The first kappa shape index (κ1) is 33.0. The largest absolute Gasteiger partial charge is 0.397 e. The molecule has 0 saturated carbocycles. The zero-order valence-electron chi connectivity index (χ0n) is 23.3. The van der Waals surface area contributed by atoms with Crippen molar-refractivity contribution in [2.75, 3.05) is 14.2 Å². The molecule has 0 heterocycles. The molecule has 0 atom stereocenters. The lowest BCUT2D eigenvalue weighted by atomic mass is 9.96. The molecule has 0 aliphatic rings. The Hall–Kier alpha value is -4.00. The Bertz CT molecular complexity index is 1050. The van der Waals surface area contributed by atoms with E-state index < -0.39 is 0 Å². The average Bonchev–Trinajstić information content (AvgIpc) is 2.93. The number of allylic oxidation sites excluding steroid dienone is 3. The van der Waals surface area contributed by atoms with E-state index in [1.165, 1.54) is 7.11 Å². The van der Waals surface area contributed by atoms with E-state index >= 15 is 0 Å². The van der Waals surface area contributed by atoms with Gasteiger partial charge in [-0.05, 0) is 37.0 Å². The van der Waals surface area contributed by atoms with Crippen LogP contribution in [-0.4, -0.2) is 38.5 Å². The SMILES string of the molecule is C=CC.CC.CCC/C(NC(C)=NC)=C(/C=O)Cc1ccc(-c2ccccc2/C(=N/OC)NC=O)cc1. The maximum absolute atomic E-state index is 11.8. The van der Waals surface area contributed by atoms with Gasteiger partial charge in [0.1, 0.15) is 13.4 Å². The number of carbonyl (C=O) groups is 2. The maximum Gasteiger partial charge on any atom is 0.212 e. The highest BCUT2D eigenvalue weighted by molar-refractivity contribution is 6.08. The van der Waals surface area contributed by atoms with Crippen LogP contribution in [0.25, 0.3) is 11.1 Å². The van der Waals surface area contributed by atoms with Gasteiger partial charge in [0.25, 0.3) is 0 Å². The number of benzene rings is 2. The van der Waals surface area contributed by atoms with Crippen LogP contribution < -0.4 is 10.6 Å². The molecule has 7 nitrogen and oxygen atoms in total. The second kappa shape index (κ2) is 20.2. The Morgan fingerprint density at radius 2 is 1.70 bits per heavy atom. The lowest BCUT2D eigenvalue weighted by Gasteiger charge is -2.14. The van der Waals surface area contributed by atoms with Crippen molar-refractivity contribution in [3.05, 3.63) is 83.6 Å². The van der Waals surface area contributed by atoms with Crippen molar-refractivity contribution in [3.63, 3.8) is 0 Å². The number of aldehydes is 1. The molecule has 200 valence electrons. The smallest absolute Gasteiger partial charge is 0.212 e. The van der Waals surface area contributed by atoms with Crippen molar-refractivity contribution >= 4 is 24.4 Å². The molecule has 2 aromatic carbocycles. The van der Waals surface area contributed by atoms with Crippen LogP contribution in [0, 0.1) is 0 Å². The fourth-order valence-corrected chi connectivity index (χ4v) is 3.31. The van der Waals surface area contributed by atoms with Crippen LogP contribution in [0.2, 0.25) is 0 Å². The van der Waals surface area contributed by atoms with Gasteiger partial charge in [-0.2, -0.15) is 0 Å². The van der Waals surface area contributed by atoms with E-state index in [1.807, 2.05) is 76.2 Å². The number of aliphatic imine (C=N–C) groups is 1. The number of hydrogen-bond donors (Lipinski definition) is 2. The summed E-state index contributed by atoms with van der Waals surface area (Å²) in [6.45, 7) is 13.2. The number of rotatable bonds is 10. The first-order chi connectivity index (χ1) is 18.0. The highest BCUT2D eigenvalue weighted by Gasteiger charge is 2.12. The van der Waals surface area contributed by atoms with Crippen molar-refractivity contribution in [2.45, 2.75) is 53.9 Å². The zero-order valence-corrected chi connectivity index (χ0v) is 23.3. The molecule has 1 amide bonds. The second-order valence-corrected chi connectivity index (χ2v) is 7.52. The third-order valence-electron chi connectivity index (χ3n) is 4.92. The van der Waals surface area contributed by atoms with E-state index in [0.29, 0.717) is 24.2 Å². The number of carbonyl (C=O) groups excluding carboxylic acids is 2. The van der Waals surface area contributed by atoms with Gasteiger partial charge in [-0.15, -0.1) is 6.58 Å². The normalized spacial score (nSPS) is 11.4. The molecule has 0 aliphatic heterocycles. The second-order valence-electron chi connectivity index (χ2n) is 7.52. The van der Waals surface area contributed by atoms with Gasteiger partial charge in [-0.1, -0.05) is 87.0 Å². The molecule has 37 heavy (non-hydrogen) atoms. The summed E-state index contributed by atoms with van der Waals surface area (Å²) in [5, 5.41) is 9.76. The summed E-state index contributed by atoms with van der Waals surface area (Å²) in [4.78, 5) is 31.8. The van der Waals surface area contributed by atoms with Gasteiger partial charge >= 0.3 is 0 Å². The highest BCUT2D eigenvalue weighted by Crippen LogP contribution is 2.25. The molecule has 0 aliphatic carbocycles. The Labute approximate surface area is 222 Å². The number of nitrogens with zero attached hydrogens (tertiary/aromatic N) is 2. The molecular formula is C30H42N4O3. The summed E-state index contributed by atoms with van der Waals surface area (Å²) in [6.07, 6.45) is 5.46. The van der Waals surface area contributed by atoms with E-state index in [0.717, 1.165) is 52.9 Å². The molecule has 2 N–H and O–H groups in total. The maximum atomic E-state index is 11.8. The van der Waals surface area contributed by atoms with Crippen molar-refractivity contribution in [1.29, 1.82) is 0 Å². The number of oxime groups is 1. The van der Waals surface area contributed by atoms with Crippen molar-refractivity contribution in [3.8, 4) is 11.1 Å². The predicted octanol–water partition coefficient (Wildman–Crippen LogP) is 6.06. The molecule has 0 fully saturated rings. The highest BCUT2D eigenvalue weighted by atomic mass is 16.6. The topological polar surface area (TPSA) is 92.2 Å². The van der Waals surface area contributed by atoms with Crippen LogP contribution in [0.5, 0.6) is 0 Å². The van der Waals surface area contributed by atoms with Gasteiger partial charge in [-0.25, -0.2) is 0 Å². The molecule has 7 heteroatoms. The third-order valence-corrected chi connectivity index (χ3v) is 4.92. The summed E-state index contributed by atoms with van der Waals surface area (Å²) >= 11 is 0.